The van der Waals surface area contributed by atoms with Gasteiger partial charge in [-0.15, -0.1) is 0 Å². The average molecular weight is 536 g/mol. The lowest BCUT2D eigenvalue weighted by Gasteiger charge is -2.11. The summed E-state index contributed by atoms with van der Waals surface area (Å²) in [6, 6.07) is 35.1. The first-order valence-electron chi connectivity index (χ1n) is 14.4. The summed E-state index contributed by atoms with van der Waals surface area (Å²) in [5.74, 6) is 2.16. The highest BCUT2D eigenvalue weighted by Crippen LogP contribution is 2.36. The van der Waals surface area contributed by atoms with Gasteiger partial charge in [-0.2, -0.15) is 5.10 Å². The van der Waals surface area contributed by atoms with Gasteiger partial charge in [0.05, 0.1) is 23.8 Å². The van der Waals surface area contributed by atoms with Crippen molar-refractivity contribution in [2.24, 2.45) is 0 Å². The summed E-state index contributed by atoms with van der Waals surface area (Å²) >= 11 is 0. The molecule has 4 aromatic carbocycles. The standard InChI is InChI=1S/C36H30N4O/c1-4-26-16-19-33-32(21-26)31-18-17-30(23-34(31)39(33)35-15-8-9-20-37-35)41-29-14-10-13-28(22-29)40-25(3)36(24(2)38-40)27-11-6-5-7-12-27/h5-23H,4H2,1-3H3/i8D. The SMILES string of the molecule is [2H]c1ccnc(-n2c3ccc(CC)cc3c3ccc(Oc4cccc(-n5nc(C)c(-c6ccccc6)c5C)c4)cc32)c1. The van der Waals surface area contributed by atoms with Crippen molar-refractivity contribution in [1.82, 2.24) is 19.3 Å². The van der Waals surface area contributed by atoms with Crippen LogP contribution in [0.25, 0.3) is 44.4 Å². The molecule has 200 valence electrons. The summed E-state index contributed by atoms with van der Waals surface area (Å²) in [6.45, 7) is 6.32. The van der Waals surface area contributed by atoms with Crippen LogP contribution in [0.2, 0.25) is 0 Å². The molecule has 0 saturated carbocycles. The molecule has 0 unspecified atom stereocenters. The number of hydrogen-bond acceptors (Lipinski definition) is 3. The van der Waals surface area contributed by atoms with Gasteiger partial charge in [0.2, 0.25) is 0 Å². The van der Waals surface area contributed by atoms with Crippen LogP contribution >= 0.6 is 0 Å². The van der Waals surface area contributed by atoms with Gasteiger partial charge >= 0.3 is 0 Å². The Morgan fingerprint density at radius 2 is 1.63 bits per heavy atom. The van der Waals surface area contributed by atoms with E-state index in [1.807, 2.05) is 41.1 Å². The zero-order valence-corrected chi connectivity index (χ0v) is 23.3. The minimum Gasteiger partial charge on any atom is -0.457 e. The number of nitrogens with zero attached hydrogens (tertiary/aromatic N) is 4. The van der Waals surface area contributed by atoms with E-state index in [-0.39, 0.29) is 0 Å². The number of aromatic nitrogens is 4. The molecule has 7 aromatic rings. The predicted octanol–water partition coefficient (Wildman–Crippen LogP) is 9.00. The highest BCUT2D eigenvalue weighted by molar-refractivity contribution is 6.09. The summed E-state index contributed by atoms with van der Waals surface area (Å²) < 4.78 is 18.7. The molecule has 5 heteroatoms. The number of pyridine rings is 1. The van der Waals surface area contributed by atoms with Gasteiger partial charge in [-0.25, -0.2) is 9.67 Å². The van der Waals surface area contributed by atoms with Crippen molar-refractivity contribution in [2.45, 2.75) is 27.2 Å². The van der Waals surface area contributed by atoms with Crippen molar-refractivity contribution in [1.29, 1.82) is 0 Å². The molecule has 0 saturated heterocycles. The van der Waals surface area contributed by atoms with Crippen LogP contribution in [0.3, 0.4) is 0 Å². The Balaban J connectivity index is 1.30. The molecule has 7 rings (SSSR count). The van der Waals surface area contributed by atoms with E-state index in [1.165, 1.54) is 5.56 Å². The third kappa shape index (κ3) is 4.36. The lowest BCUT2D eigenvalue weighted by molar-refractivity contribution is 0.483. The molecule has 0 aliphatic rings. The maximum Gasteiger partial charge on any atom is 0.137 e. The van der Waals surface area contributed by atoms with E-state index in [1.54, 1.807) is 18.3 Å². The minimum absolute atomic E-state index is 0.420. The summed E-state index contributed by atoms with van der Waals surface area (Å²) in [7, 11) is 0. The number of fused-ring (bicyclic) bond motifs is 3. The highest BCUT2D eigenvalue weighted by Gasteiger charge is 2.17. The fourth-order valence-electron chi connectivity index (χ4n) is 5.75. The number of aryl methyl sites for hydroxylation is 2. The largest absolute Gasteiger partial charge is 0.457 e. The van der Waals surface area contributed by atoms with Crippen molar-refractivity contribution in [2.75, 3.05) is 0 Å². The molecule has 0 N–H and O–H groups in total. The van der Waals surface area contributed by atoms with Gasteiger partial charge in [-0.05, 0) is 79.9 Å². The predicted molar refractivity (Wildman–Crippen MR) is 167 cm³/mol. The summed E-state index contributed by atoms with van der Waals surface area (Å²) in [6.07, 6.45) is 2.65. The fourth-order valence-corrected chi connectivity index (χ4v) is 5.75. The van der Waals surface area contributed by atoms with Gasteiger partial charge < -0.3 is 4.74 Å². The number of hydrogen-bond donors (Lipinski definition) is 0. The third-order valence-corrected chi connectivity index (χ3v) is 7.68. The van der Waals surface area contributed by atoms with Crippen LogP contribution in [0.5, 0.6) is 11.5 Å². The van der Waals surface area contributed by atoms with Crippen LogP contribution in [-0.2, 0) is 6.42 Å². The molecule has 3 heterocycles. The molecule has 5 nitrogen and oxygen atoms in total. The van der Waals surface area contributed by atoms with Crippen LogP contribution in [0.4, 0.5) is 0 Å². The monoisotopic (exact) mass is 535 g/mol. The molecule has 3 aromatic heterocycles. The molecule has 0 fully saturated rings. The molecule has 0 amide bonds. The van der Waals surface area contributed by atoms with E-state index in [0.29, 0.717) is 11.9 Å². The van der Waals surface area contributed by atoms with E-state index in [9.17, 15) is 0 Å². The summed E-state index contributed by atoms with van der Waals surface area (Å²) in [5, 5.41) is 7.15. The Kier molecular flexibility index (Phi) is 5.84. The molecule has 0 aliphatic carbocycles. The Bertz CT molecular complexity index is 2090. The van der Waals surface area contributed by atoms with Crippen molar-refractivity contribution >= 4 is 21.8 Å². The molecule has 41 heavy (non-hydrogen) atoms. The van der Waals surface area contributed by atoms with Crippen LogP contribution in [-0.4, -0.2) is 19.3 Å². The second-order valence-electron chi connectivity index (χ2n) is 10.3. The Morgan fingerprint density at radius 3 is 2.46 bits per heavy atom. The quantitative estimate of drug-likeness (QED) is 0.213. The van der Waals surface area contributed by atoms with Gasteiger partial charge in [0.15, 0.2) is 0 Å². The third-order valence-electron chi connectivity index (χ3n) is 7.68. The first-order chi connectivity index (χ1) is 20.5. The van der Waals surface area contributed by atoms with E-state index >= 15 is 0 Å². The summed E-state index contributed by atoms with van der Waals surface area (Å²) in [4.78, 5) is 4.62. The molecule has 0 atom stereocenters. The number of ether oxygens (including phenoxy) is 1. The first kappa shape index (κ1) is 23.7. The zero-order chi connectivity index (χ0) is 28.8. The van der Waals surface area contributed by atoms with Gasteiger partial charge in [-0.3, -0.25) is 4.57 Å². The second-order valence-corrected chi connectivity index (χ2v) is 10.3. The first-order valence-corrected chi connectivity index (χ1v) is 13.9. The Morgan fingerprint density at radius 1 is 0.780 bits per heavy atom. The van der Waals surface area contributed by atoms with Gasteiger partial charge in [-0.1, -0.05) is 55.4 Å². The van der Waals surface area contributed by atoms with Crippen molar-refractivity contribution in [3.8, 4) is 34.1 Å². The van der Waals surface area contributed by atoms with E-state index in [0.717, 1.165) is 67.9 Å². The molecule has 0 spiro atoms. The molecule has 0 bridgehead atoms. The van der Waals surface area contributed by atoms with Crippen LogP contribution in [0.1, 0.15) is 25.2 Å². The maximum absolute atomic E-state index is 8.19. The van der Waals surface area contributed by atoms with E-state index in [4.69, 9.17) is 11.2 Å². The van der Waals surface area contributed by atoms with Crippen molar-refractivity contribution in [3.63, 3.8) is 0 Å². The Hall–Kier alpha value is -5.16. The van der Waals surface area contributed by atoms with Gasteiger partial charge in [0.25, 0.3) is 0 Å². The molecular formula is C36H30N4O. The van der Waals surface area contributed by atoms with E-state index < -0.39 is 0 Å². The second kappa shape index (κ2) is 10.1. The topological polar surface area (TPSA) is 44.9 Å². The highest BCUT2D eigenvalue weighted by atomic mass is 16.5. The maximum atomic E-state index is 8.19. The van der Waals surface area contributed by atoms with Crippen LogP contribution < -0.4 is 4.74 Å². The van der Waals surface area contributed by atoms with Gasteiger partial charge in [0.1, 0.15) is 17.3 Å². The van der Waals surface area contributed by atoms with Crippen molar-refractivity contribution < 1.29 is 6.11 Å². The van der Waals surface area contributed by atoms with Crippen LogP contribution in [0.15, 0.2) is 115 Å². The van der Waals surface area contributed by atoms with Crippen LogP contribution in [0, 0.1) is 13.8 Å². The molecular weight excluding hydrogens is 504 g/mol. The van der Waals surface area contributed by atoms with Gasteiger partial charge in [0, 0.05) is 40.4 Å². The van der Waals surface area contributed by atoms with Crippen molar-refractivity contribution in [3.05, 3.63) is 132 Å². The number of rotatable bonds is 6. The molecule has 0 aliphatic heterocycles. The lowest BCUT2D eigenvalue weighted by Crippen LogP contribution is -1.99. The number of benzene rings is 4. The smallest absolute Gasteiger partial charge is 0.137 e. The Labute approximate surface area is 240 Å². The lowest BCUT2D eigenvalue weighted by atomic mass is 10.0. The average Bonchev–Trinajstić information content (AvgIpc) is 3.49. The molecule has 0 radical (unpaired) electrons. The summed E-state index contributed by atoms with van der Waals surface area (Å²) in [5.41, 5.74) is 8.63. The minimum atomic E-state index is 0.420. The van der Waals surface area contributed by atoms with E-state index in [2.05, 4.69) is 84.9 Å². The zero-order valence-electron chi connectivity index (χ0n) is 24.3. The fraction of sp³-hybridized carbons (Fsp3) is 0.111. The normalized spacial score (nSPS) is 11.7.